The number of hydrogen-bond acceptors (Lipinski definition) is 2. The fraction of sp³-hybridized carbons (Fsp3) is 0.562. The van der Waals surface area contributed by atoms with Crippen molar-refractivity contribution in [2.75, 3.05) is 13.1 Å². The molecule has 0 aromatic heterocycles. The first-order valence-corrected chi connectivity index (χ1v) is 7.49. The molecule has 0 radical (unpaired) electrons. The largest absolute Gasteiger partial charge is 0.293 e. The molecule has 2 nitrogen and oxygen atoms in total. The van der Waals surface area contributed by atoms with Gasteiger partial charge in [0.25, 0.3) is 0 Å². The minimum atomic E-state index is 0. The van der Waals surface area contributed by atoms with Crippen LogP contribution >= 0.6 is 24.0 Å². The third-order valence-electron chi connectivity index (χ3n) is 3.71. The topological polar surface area (TPSA) is 20.3 Å². The Morgan fingerprint density at radius 3 is 2.25 bits per heavy atom. The second kappa shape index (κ2) is 8.02. The van der Waals surface area contributed by atoms with E-state index in [0.29, 0.717) is 10.9 Å². The quantitative estimate of drug-likeness (QED) is 0.748. The average molecular weight is 316 g/mol. The van der Waals surface area contributed by atoms with E-state index in [-0.39, 0.29) is 24.2 Å². The summed E-state index contributed by atoms with van der Waals surface area (Å²) in [6.07, 6.45) is 3.35. The van der Waals surface area contributed by atoms with Gasteiger partial charge in [-0.15, -0.1) is 12.4 Å². The summed E-state index contributed by atoms with van der Waals surface area (Å²) in [5.74, 6) is 0.772. The molecule has 0 N–H and O–H groups in total. The van der Waals surface area contributed by atoms with E-state index < -0.39 is 0 Å². The lowest BCUT2D eigenvalue weighted by molar-refractivity contribution is 0.0822. The number of likely N-dealkylation sites (tertiary alicyclic amines) is 1. The summed E-state index contributed by atoms with van der Waals surface area (Å²) in [7, 11) is 0. The van der Waals surface area contributed by atoms with Crippen molar-refractivity contribution >= 4 is 29.8 Å². The highest BCUT2D eigenvalue weighted by atomic mass is 35.5. The molecule has 1 unspecified atom stereocenters. The fourth-order valence-electron chi connectivity index (χ4n) is 2.73. The van der Waals surface area contributed by atoms with Crippen LogP contribution in [0.25, 0.3) is 0 Å². The van der Waals surface area contributed by atoms with Gasteiger partial charge in [-0.05, 0) is 62.5 Å². The highest BCUT2D eigenvalue weighted by Gasteiger charge is 2.29. The van der Waals surface area contributed by atoms with Gasteiger partial charge in [0.15, 0.2) is 5.78 Å². The molecule has 0 spiro atoms. The number of carbonyl (C=O) groups excluding carboxylic acids is 1. The SMILES string of the molecule is CC(C)CC(C(=O)c1ccc(Cl)cc1)N1CCCC1.Cl. The maximum absolute atomic E-state index is 12.7. The maximum atomic E-state index is 12.7. The van der Waals surface area contributed by atoms with E-state index in [1.54, 1.807) is 12.1 Å². The van der Waals surface area contributed by atoms with E-state index in [0.717, 1.165) is 25.1 Å². The molecule has 1 aromatic carbocycles. The van der Waals surface area contributed by atoms with Gasteiger partial charge in [-0.2, -0.15) is 0 Å². The van der Waals surface area contributed by atoms with Gasteiger partial charge in [0.05, 0.1) is 6.04 Å². The highest BCUT2D eigenvalue weighted by molar-refractivity contribution is 6.30. The lowest BCUT2D eigenvalue weighted by Crippen LogP contribution is -2.40. The van der Waals surface area contributed by atoms with Crippen LogP contribution in [0, 0.1) is 5.92 Å². The number of ketones is 1. The van der Waals surface area contributed by atoms with Crippen molar-refractivity contribution in [3.8, 4) is 0 Å². The van der Waals surface area contributed by atoms with Crippen LogP contribution in [0.15, 0.2) is 24.3 Å². The lowest BCUT2D eigenvalue weighted by Gasteiger charge is -2.27. The van der Waals surface area contributed by atoms with Crippen LogP contribution in [0.2, 0.25) is 5.02 Å². The fourth-order valence-corrected chi connectivity index (χ4v) is 2.85. The molecule has 1 aromatic rings. The number of nitrogens with zero attached hydrogens (tertiary/aromatic N) is 1. The molecule has 4 heteroatoms. The Balaban J connectivity index is 0.00000200. The van der Waals surface area contributed by atoms with Crippen LogP contribution in [0.5, 0.6) is 0 Å². The zero-order valence-electron chi connectivity index (χ0n) is 12.1. The van der Waals surface area contributed by atoms with E-state index >= 15 is 0 Å². The van der Waals surface area contributed by atoms with Gasteiger partial charge in [0.1, 0.15) is 0 Å². The van der Waals surface area contributed by atoms with E-state index in [4.69, 9.17) is 11.6 Å². The predicted octanol–water partition coefficient (Wildman–Crippen LogP) is 4.46. The van der Waals surface area contributed by atoms with E-state index in [1.165, 1.54) is 12.8 Å². The van der Waals surface area contributed by atoms with E-state index in [9.17, 15) is 4.79 Å². The first kappa shape index (κ1) is 17.5. The number of carbonyl (C=O) groups is 1. The normalized spacial score (nSPS) is 17.0. The number of Topliss-reactive ketones (excluding diaryl/α,β-unsaturated/α-hetero) is 1. The minimum absolute atomic E-state index is 0. The Hall–Kier alpha value is -0.570. The second-order valence-corrected chi connectivity index (χ2v) is 6.20. The first-order valence-electron chi connectivity index (χ1n) is 7.12. The molecule has 0 bridgehead atoms. The molecule has 1 saturated heterocycles. The number of rotatable bonds is 5. The molecule has 1 heterocycles. The Morgan fingerprint density at radius 1 is 1.20 bits per heavy atom. The summed E-state index contributed by atoms with van der Waals surface area (Å²) in [5.41, 5.74) is 0.780. The van der Waals surface area contributed by atoms with Gasteiger partial charge in [0.2, 0.25) is 0 Å². The zero-order chi connectivity index (χ0) is 13.8. The van der Waals surface area contributed by atoms with Gasteiger partial charge in [0, 0.05) is 10.6 Å². The molecule has 0 amide bonds. The maximum Gasteiger partial charge on any atom is 0.179 e. The smallest absolute Gasteiger partial charge is 0.179 e. The van der Waals surface area contributed by atoms with Gasteiger partial charge >= 0.3 is 0 Å². The molecule has 0 aliphatic carbocycles. The number of halogens is 2. The summed E-state index contributed by atoms with van der Waals surface area (Å²) in [6, 6.07) is 7.31. The molecule has 2 rings (SSSR count). The van der Waals surface area contributed by atoms with Gasteiger partial charge in [-0.3, -0.25) is 9.69 Å². The van der Waals surface area contributed by atoms with Crippen LogP contribution in [0.3, 0.4) is 0 Å². The average Bonchev–Trinajstić information content (AvgIpc) is 2.89. The molecular formula is C16H23Cl2NO. The molecule has 112 valence electrons. The summed E-state index contributed by atoms with van der Waals surface area (Å²) in [5, 5.41) is 0.679. The van der Waals surface area contributed by atoms with Crippen molar-refractivity contribution < 1.29 is 4.79 Å². The van der Waals surface area contributed by atoms with Crippen molar-refractivity contribution in [2.24, 2.45) is 5.92 Å². The van der Waals surface area contributed by atoms with Crippen molar-refractivity contribution in [3.05, 3.63) is 34.9 Å². The Kier molecular flexibility index (Phi) is 7.01. The first-order chi connectivity index (χ1) is 9.08. The predicted molar refractivity (Wildman–Crippen MR) is 87.1 cm³/mol. The summed E-state index contributed by atoms with van der Waals surface area (Å²) in [4.78, 5) is 15.0. The van der Waals surface area contributed by atoms with Gasteiger partial charge in [-0.25, -0.2) is 0 Å². The van der Waals surface area contributed by atoms with Crippen LogP contribution in [0.1, 0.15) is 43.5 Å². The number of benzene rings is 1. The third-order valence-corrected chi connectivity index (χ3v) is 3.96. The summed E-state index contributed by atoms with van der Waals surface area (Å²) in [6.45, 7) is 6.46. The number of hydrogen-bond donors (Lipinski definition) is 0. The zero-order valence-corrected chi connectivity index (χ0v) is 13.7. The standard InChI is InChI=1S/C16H22ClNO.ClH/c1-12(2)11-15(18-9-3-4-10-18)16(19)13-5-7-14(17)8-6-13;/h5-8,12,15H,3-4,9-11H2,1-2H3;1H. The lowest BCUT2D eigenvalue weighted by atomic mass is 9.95. The molecule has 1 atom stereocenters. The van der Waals surface area contributed by atoms with Crippen molar-refractivity contribution in [3.63, 3.8) is 0 Å². The Morgan fingerprint density at radius 2 is 1.75 bits per heavy atom. The molecule has 0 saturated carbocycles. The summed E-state index contributed by atoms with van der Waals surface area (Å²) < 4.78 is 0. The molecule has 1 aliphatic heterocycles. The van der Waals surface area contributed by atoms with Crippen LogP contribution in [-0.4, -0.2) is 29.8 Å². The molecule has 1 aliphatic rings. The Labute approximate surface area is 132 Å². The third kappa shape index (κ3) is 4.47. The van der Waals surface area contributed by atoms with E-state index in [1.807, 2.05) is 12.1 Å². The highest BCUT2D eigenvalue weighted by Crippen LogP contribution is 2.22. The minimum Gasteiger partial charge on any atom is -0.293 e. The van der Waals surface area contributed by atoms with E-state index in [2.05, 4.69) is 18.7 Å². The summed E-state index contributed by atoms with van der Waals surface area (Å²) >= 11 is 5.89. The van der Waals surface area contributed by atoms with Crippen molar-refractivity contribution in [1.29, 1.82) is 0 Å². The molecule has 1 fully saturated rings. The monoisotopic (exact) mass is 315 g/mol. The van der Waals surface area contributed by atoms with Gasteiger partial charge < -0.3 is 0 Å². The Bertz CT molecular complexity index is 425. The van der Waals surface area contributed by atoms with Crippen LogP contribution < -0.4 is 0 Å². The second-order valence-electron chi connectivity index (χ2n) is 5.76. The van der Waals surface area contributed by atoms with Crippen LogP contribution in [0.4, 0.5) is 0 Å². The molecule has 20 heavy (non-hydrogen) atoms. The van der Waals surface area contributed by atoms with Crippen LogP contribution in [-0.2, 0) is 0 Å². The van der Waals surface area contributed by atoms with Crippen molar-refractivity contribution in [1.82, 2.24) is 4.90 Å². The van der Waals surface area contributed by atoms with Gasteiger partial charge in [-0.1, -0.05) is 25.4 Å². The molecular weight excluding hydrogens is 293 g/mol. The van der Waals surface area contributed by atoms with Crippen molar-refractivity contribution in [2.45, 2.75) is 39.2 Å².